The summed E-state index contributed by atoms with van der Waals surface area (Å²) in [6.07, 6.45) is 2.62. The average molecular weight is 303 g/mol. The summed E-state index contributed by atoms with van der Waals surface area (Å²) in [4.78, 5) is 0. The van der Waals surface area contributed by atoms with Crippen LogP contribution >= 0.6 is 0 Å². The Morgan fingerprint density at radius 3 is 2.67 bits per heavy atom. The first kappa shape index (κ1) is 17.1. The molecule has 2 aliphatic rings. The molecule has 21 heavy (non-hydrogen) atoms. The fourth-order valence-corrected chi connectivity index (χ4v) is 2.93. The second kappa shape index (κ2) is 6.89. The van der Waals surface area contributed by atoms with Crippen molar-refractivity contribution in [2.75, 3.05) is 19.7 Å². The van der Waals surface area contributed by atoms with Crippen molar-refractivity contribution in [3.63, 3.8) is 0 Å². The van der Waals surface area contributed by atoms with Gasteiger partial charge in [0.15, 0.2) is 5.79 Å². The molecule has 2 heterocycles. The third-order valence-corrected chi connectivity index (χ3v) is 4.08. The van der Waals surface area contributed by atoms with Crippen molar-refractivity contribution in [2.45, 2.75) is 76.3 Å². The molecule has 0 saturated carbocycles. The van der Waals surface area contributed by atoms with Crippen molar-refractivity contribution in [1.82, 2.24) is 5.32 Å². The summed E-state index contributed by atoms with van der Waals surface area (Å²) in [5, 5.41) is 24.0. The molecule has 0 aliphatic carbocycles. The molecule has 0 amide bonds. The SMILES string of the molecule is CCCCCCNC[C@@]1(O)OC[C@H]2OC(C)(C)O[C@H]2[C@@H]1O. The summed E-state index contributed by atoms with van der Waals surface area (Å²) in [6, 6.07) is 0. The van der Waals surface area contributed by atoms with Gasteiger partial charge in [-0.2, -0.15) is 0 Å². The molecule has 0 radical (unpaired) electrons. The molecule has 6 heteroatoms. The molecular formula is C15H29NO5. The number of hydrogen-bond donors (Lipinski definition) is 3. The maximum Gasteiger partial charge on any atom is 0.207 e. The lowest BCUT2D eigenvalue weighted by Crippen LogP contribution is -2.63. The molecule has 124 valence electrons. The maximum absolute atomic E-state index is 10.5. The minimum atomic E-state index is -1.62. The Balaban J connectivity index is 1.80. The maximum atomic E-state index is 10.5. The van der Waals surface area contributed by atoms with Crippen LogP contribution in [0.1, 0.15) is 46.5 Å². The normalized spacial score (nSPS) is 38.4. The fraction of sp³-hybridized carbons (Fsp3) is 1.00. The average Bonchev–Trinajstić information content (AvgIpc) is 2.74. The Labute approximate surface area is 126 Å². The highest BCUT2D eigenvalue weighted by Gasteiger charge is 2.56. The zero-order chi connectivity index (χ0) is 15.5. The molecular weight excluding hydrogens is 274 g/mol. The first-order valence-corrected chi connectivity index (χ1v) is 7.99. The Bertz CT molecular complexity index is 338. The Morgan fingerprint density at radius 1 is 1.19 bits per heavy atom. The Hall–Kier alpha value is -0.240. The fourth-order valence-electron chi connectivity index (χ4n) is 2.93. The van der Waals surface area contributed by atoms with Crippen LogP contribution in [0.2, 0.25) is 0 Å². The van der Waals surface area contributed by atoms with Gasteiger partial charge in [0.1, 0.15) is 18.3 Å². The first-order chi connectivity index (χ1) is 9.88. The molecule has 0 unspecified atom stereocenters. The molecule has 3 N–H and O–H groups in total. The van der Waals surface area contributed by atoms with E-state index in [2.05, 4.69) is 12.2 Å². The summed E-state index contributed by atoms with van der Waals surface area (Å²) in [6.45, 7) is 6.97. The number of unbranched alkanes of at least 4 members (excludes halogenated alkanes) is 3. The van der Waals surface area contributed by atoms with E-state index in [1.54, 1.807) is 13.8 Å². The summed E-state index contributed by atoms with van der Waals surface area (Å²) in [5.74, 6) is -2.37. The lowest BCUT2D eigenvalue weighted by atomic mass is 9.97. The summed E-state index contributed by atoms with van der Waals surface area (Å²) < 4.78 is 16.8. The molecule has 0 aromatic carbocycles. The minimum Gasteiger partial charge on any atom is -0.385 e. The van der Waals surface area contributed by atoms with Crippen LogP contribution in [0.5, 0.6) is 0 Å². The third kappa shape index (κ3) is 4.15. The van der Waals surface area contributed by atoms with Gasteiger partial charge in [-0.25, -0.2) is 0 Å². The van der Waals surface area contributed by atoms with Gasteiger partial charge in [0.25, 0.3) is 0 Å². The Kier molecular flexibility index (Phi) is 5.62. The van der Waals surface area contributed by atoms with Gasteiger partial charge < -0.3 is 29.7 Å². The van der Waals surface area contributed by atoms with Crippen molar-refractivity contribution < 1.29 is 24.4 Å². The minimum absolute atomic E-state index is 0.188. The van der Waals surface area contributed by atoms with E-state index in [-0.39, 0.29) is 19.3 Å². The summed E-state index contributed by atoms with van der Waals surface area (Å²) in [5.41, 5.74) is 0. The van der Waals surface area contributed by atoms with Crippen LogP contribution in [0.3, 0.4) is 0 Å². The van der Waals surface area contributed by atoms with Gasteiger partial charge in [0.05, 0.1) is 13.2 Å². The summed E-state index contributed by atoms with van der Waals surface area (Å²) in [7, 11) is 0. The Morgan fingerprint density at radius 2 is 1.95 bits per heavy atom. The number of nitrogens with one attached hydrogen (secondary N) is 1. The number of aliphatic hydroxyl groups is 2. The molecule has 2 rings (SSSR count). The largest absolute Gasteiger partial charge is 0.385 e. The molecule has 0 spiro atoms. The zero-order valence-corrected chi connectivity index (χ0v) is 13.3. The molecule has 2 aliphatic heterocycles. The van der Waals surface area contributed by atoms with Gasteiger partial charge in [-0.3, -0.25) is 0 Å². The van der Waals surface area contributed by atoms with E-state index in [0.29, 0.717) is 0 Å². The molecule has 0 bridgehead atoms. The van der Waals surface area contributed by atoms with Crippen molar-refractivity contribution in [3.8, 4) is 0 Å². The summed E-state index contributed by atoms with van der Waals surface area (Å²) >= 11 is 0. The quantitative estimate of drug-likeness (QED) is 0.603. The third-order valence-electron chi connectivity index (χ3n) is 4.08. The molecule has 6 nitrogen and oxygen atoms in total. The molecule has 0 aromatic rings. The van der Waals surface area contributed by atoms with Gasteiger partial charge in [0.2, 0.25) is 5.79 Å². The van der Waals surface area contributed by atoms with Crippen LogP contribution in [0.4, 0.5) is 0 Å². The van der Waals surface area contributed by atoms with Crippen LogP contribution in [-0.4, -0.2) is 59.8 Å². The first-order valence-electron chi connectivity index (χ1n) is 7.99. The van der Waals surface area contributed by atoms with E-state index < -0.39 is 23.8 Å². The number of rotatable bonds is 7. The number of fused-ring (bicyclic) bond motifs is 1. The molecule has 2 saturated heterocycles. The van der Waals surface area contributed by atoms with Crippen LogP contribution in [-0.2, 0) is 14.2 Å². The topological polar surface area (TPSA) is 80.2 Å². The monoisotopic (exact) mass is 303 g/mol. The lowest BCUT2D eigenvalue weighted by molar-refractivity contribution is -0.303. The van der Waals surface area contributed by atoms with E-state index in [1.807, 2.05) is 0 Å². The zero-order valence-electron chi connectivity index (χ0n) is 13.3. The second-order valence-electron chi connectivity index (χ2n) is 6.48. The predicted octanol–water partition coefficient (Wildman–Crippen LogP) is 0.756. The highest BCUT2D eigenvalue weighted by molar-refractivity contribution is 4.98. The van der Waals surface area contributed by atoms with Gasteiger partial charge in [0, 0.05) is 0 Å². The second-order valence-corrected chi connectivity index (χ2v) is 6.48. The lowest BCUT2D eigenvalue weighted by Gasteiger charge is -2.41. The van der Waals surface area contributed by atoms with Gasteiger partial charge in [-0.1, -0.05) is 26.2 Å². The van der Waals surface area contributed by atoms with Gasteiger partial charge in [-0.15, -0.1) is 0 Å². The molecule has 4 atom stereocenters. The van der Waals surface area contributed by atoms with Crippen molar-refractivity contribution in [1.29, 1.82) is 0 Å². The van der Waals surface area contributed by atoms with Crippen molar-refractivity contribution >= 4 is 0 Å². The number of aliphatic hydroxyl groups excluding tert-OH is 1. The van der Waals surface area contributed by atoms with Crippen LogP contribution in [0.15, 0.2) is 0 Å². The molecule has 2 fully saturated rings. The van der Waals surface area contributed by atoms with E-state index in [0.717, 1.165) is 13.0 Å². The van der Waals surface area contributed by atoms with E-state index in [9.17, 15) is 10.2 Å². The van der Waals surface area contributed by atoms with E-state index >= 15 is 0 Å². The van der Waals surface area contributed by atoms with Crippen molar-refractivity contribution in [2.24, 2.45) is 0 Å². The number of hydrogen-bond acceptors (Lipinski definition) is 6. The number of ether oxygens (including phenoxy) is 3. The van der Waals surface area contributed by atoms with Crippen LogP contribution < -0.4 is 5.32 Å². The van der Waals surface area contributed by atoms with Crippen molar-refractivity contribution in [3.05, 3.63) is 0 Å². The highest BCUT2D eigenvalue weighted by Crippen LogP contribution is 2.37. The van der Waals surface area contributed by atoms with E-state index in [4.69, 9.17) is 14.2 Å². The van der Waals surface area contributed by atoms with Crippen LogP contribution in [0.25, 0.3) is 0 Å². The standard InChI is InChI=1S/C15H29NO5/c1-4-5-6-7-8-16-10-15(18)13(17)12-11(9-19-15)20-14(2,3)21-12/h11-13,16-18H,4-10H2,1-3H3/t11-,12-,13+,15-/m1/s1. The van der Waals surface area contributed by atoms with Crippen LogP contribution in [0, 0.1) is 0 Å². The smallest absolute Gasteiger partial charge is 0.207 e. The predicted molar refractivity (Wildman–Crippen MR) is 77.7 cm³/mol. The molecule has 0 aromatic heterocycles. The van der Waals surface area contributed by atoms with Gasteiger partial charge in [-0.05, 0) is 26.8 Å². The van der Waals surface area contributed by atoms with E-state index in [1.165, 1.54) is 19.3 Å². The highest BCUT2D eigenvalue weighted by atomic mass is 16.8. The van der Waals surface area contributed by atoms with Gasteiger partial charge >= 0.3 is 0 Å².